The van der Waals surface area contributed by atoms with Crippen molar-refractivity contribution in [3.05, 3.63) is 70.7 Å². The number of H-pyrrole nitrogens is 1. The molecule has 0 bridgehead atoms. The minimum atomic E-state index is -0.394. The summed E-state index contributed by atoms with van der Waals surface area (Å²) in [7, 11) is 2.86. The van der Waals surface area contributed by atoms with Gasteiger partial charge in [0.15, 0.2) is 11.5 Å². The van der Waals surface area contributed by atoms with Crippen LogP contribution in [0.15, 0.2) is 59.7 Å². The maximum absolute atomic E-state index is 12.5. The topological polar surface area (TPSA) is 109 Å². The van der Waals surface area contributed by atoms with Gasteiger partial charge in [-0.3, -0.25) is 4.79 Å². The number of aromatic amines is 1. The lowest BCUT2D eigenvalue weighted by Gasteiger charge is -2.09. The highest BCUT2D eigenvalue weighted by atomic mass is 35.5. The summed E-state index contributed by atoms with van der Waals surface area (Å²) in [6, 6.07) is 15.6. The first-order valence-electron chi connectivity index (χ1n) is 9.53. The molecule has 1 aromatic heterocycles. The van der Waals surface area contributed by atoms with Crippen LogP contribution in [-0.2, 0) is 0 Å². The fourth-order valence-electron chi connectivity index (χ4n) is 3.15. The van der Waals surface area contributed by atoms with Gasteiger partial charge in [-0.05, 0) is 42.5 Å². The number of amides is 1. The molecule has 4 aromatic rings. The number of fused-ring (bicyclic) bond motifs is 1. The van der Waals surface area contributed by atoms with Crippen molar-refractivity contribution in [1.29, 1.82) is 0 Å². The summed E-state index contributed by atoms with van der Waals surface area (Å²) in [5.41, 5.74) is 5.65. The Kier molecular flexibility index (Phi) is 5.96. The normalized spacial score (nSPS) is 11.1. The molecule has 3 aromatic carbocycles. The fraction of sp³-hybridized carbons (Fsp3) is 0.0870. The van der Waals surface area contributed by atoms with Crippen LogP contribution in [0.5, 0.6) is 17.2 Å². The molecular weight excluding hydrogens is 432 g/mol. The zero-order chi connectivity index (χ0) is 22.7. The maximum atomic E-state index is 12.5. The highest BCUT2D eigenvalue weighted by molar-refractivity contribution is 6.33. The van der Waals surface area contributed by atoms with Gasteiger partial charge < -0.3 is 19.6 Å². The molecule has 1 heterocycles. The van der Waals surface area contributed by atoms with Crippen LogP contribution in [0.4, 0.5) is 0 Å². The zero-order valence-corrected chi connectivity index (χ0v) is 18.0. The standard InChI is InChI=1S/C23H19ClN4O4/c1-31-19-9-13(10-20(32-2)21(19)29)12-25-28-23(30)14-7-8-17-18(11-14)27-22(26-17)15-5-3-4-6-16(15)24/h3-12,29H,1-2H3,(H,26,27)(H,28,30)/b25-12+. The number of phenolic OH excluding ortho intramolecular Hbond substituents is 1. The molecule has 0 spiro atoms. The Morgan fingerprint density at radius 3 is 2.53 bits per heavy atom. The van der Waals surface area contributed by atoms with Crippen LogP contribution >= 0.6 is 11.6 Å². The quantitative estimate of drug-likeness (QED) is 0.298. The first-order valence-corrected chi connectivity index (χ1v) is 9.91. The number of carbonyl (C=O) groups is 1. The molecule has 0 aliphatic carbocycles. The average molecular weight is 451 g/mol. The molecule has 0 fully saturated rings. The van der Waals surface area contributed by atoms with E-state index in [2.05, 4.69) is 20.5 Å². The van der Waals surface area contributed by atoms with E-state index >= 15 is 0 Å². The minimum Gasteiger partial charge on any atom is -0.502 e. The van der Waals surface area contributed by atoms with Gasteiger partial charge in [0.25, 0.3) is 5.91 Å². The molecule has 0 unspecified atom stereocenters. The van der Waals surface area contributed by atoms with Crippen LogP contribution < -0.4 is 14.9 Å². The Morgan fingerprint density at radius 2 is 1.84 bits per heavy atom. The van der Waals surface area contributed by atoms with E-state index in [1.165, 1.54) is 20.4 Å². The molecular formula is C23H19ClN4O4. The highest BCUT2D eigenvalue weighted by Gasteiger charge is 2.12. The molecule has 3 N–H and O–H groups in total. The Hall–Kier alpha value is -4.04. The third-order valence-corrected chi connectivity index (χ3v) is 5.08. The third kappa shape index (κ3) is 4.21. The molecule has 0 atom stereocenters. The van der Waals surface area contributed by atoms with E-state index < -0.39 is 5.91 Å². The molecule has 0 aliphatic heterocycles. The summed E-state index contributed by atoms with van der Waals surface area (Å²) in [5.74, 6) is 0.582. The van der Waals surface area contributed by atoms with Gasteiger partial charge >= 0.3 is 0 Å². The number of imidazole rings is 1. The first kappa shape index (κ1) is 21.2. The molecule has 0 saturated carbocycles. The van der Waals surface area contributed by atoms with Crippen LogP contribution in [0.25, 0.3) is 22.4 Å². The molecule has 0 radical (unpaired) electrons. The number of rotatable bonds is 6. The van der Waals surface area contributed by atoms with Crippen LogP contribution in [0.3, 0.4) is 0 Å². The van der Waals surface area contributed by atoms with Crippen molar-refractivity contribution in [2.24, 2.45) is 5.10 Å². The van der Waals surface area contributed by atoms with Gasteiger partial charge in [-0.2, -0.15) is 5.10 Å². The summed E-state index contributed by atoms with van der Waals surface area (Å²) in [6.45, 7) is 0. The SMILES string of the molecule is COc1cc(/C=N/NC(=O)c2ccc3nc(-c4ccccc4Cl)[nH]c3c2)cc(OC)c1O. The average Bonchev–Trinajstić information content (AvgIpc) is 3.23. The van der Waals surface area contributed by atoms with Crippen LogP contribution in [0.2, 0.25) is 5.02 Å². The highest BCUT2D eigenvalue weighted by Crippen LogP contribution is 2.36. The largest absolute Gasteiger partial charge is 0.502 e. The number of ether oxygens (including phenoxy) is 2. The predicted molar refractivity (Wildman–Crippen MR) is 123 cm³/mol. The number of halogens is 1. The number of nitrogens with one attached hydrogen (secondary N) is 2. The van der Waals surface area contributed by atoms with Gasteiger partial charge in [-0.15, -0.1) is 0 Å². The second-order valence-electron chi connectivity index (χ2n) is 6.77. The second kappa shape index (κ2) is 8.99. The van der Waals surface area contributed by atoms with Crippen molar-refractivity contribution in [3.63, 3.8) is 0 Å². The number of aromatic nitrogens is 2. The lowest BCUT2D eigenvalue weighted by Crippen LogP contribution is -2.17. The van der Waals surface area contributed by atoms with Crippen molar-refractivity contribution in [2.45, 2.75) is 0 Å². The summed E-state index contributed by atoms with van der Waals surface area (Å²) >= 11 is 6.25. The molecule has 0 aliphatic rings. The number of hydrogen-bond acceptors (Lipinski definition) is 6. The lowest BCUT2D eigenvalue weighted by molar-refractivity contribution is 0.0955. The van der Waals surface area contributed by atoms with Gasteiger partial charge in [-0.25, -0.2) is 10.4 Å². The Labute approximate surface area is 188 Å². The van der Waals surface area contributed by atoms with Crippen molar-refractivity contribution in [2.75, 3.05) is 14.2 Å². The van der Waals surface area contributed by atoms with Crippen molar-refractivity contribution in [1.82, 2.24) is 15.4 Å². The molecule has 0 saturated heterocycles. The number of hydrazone groups is 1. The van der Waals surface area contributed by atoms with E-state index in [4.69, 9.17) is 21.1 Å². The van der Waals surface area contributed by atoms with Crippen molar-refractivity contribution >= 4 is 34.8 Å². The van der Waals surface area contributed by atoms with Crippen LogP contribution in [0, 0.1) is 0 Å². The van der Waals surface area contributed by atoms with E-state index in [-0.39, 0.29) is 17.2 Å². The molecule has 9 heteroatoms. The van der Waals surface area contributed by atoms with Gasteiger partial charge in [-0.1, -0.05) is 23.7 Å². The van der Waals surface area contributed by atoms with Gasteiger partial charge in [0, 0.05) is 16.7 Å². The van der Waals surface area contributed by atoms with Crippen molar-refractivity contribution in [3.8, 4) is 28.6 Å². The Morgan fingerprint density at radius 1 is 1.12 bits per heavy atom. The third-order valence-electron chi connectivity index (χ3n) is 4.75. The summed E-state index contributed by atoms with van der Waals surface area (Å²) < 4.78 is 10.2. The monoisotopic (exact) mass is 450 g/mol. The summed E-state index contributed by atoms with van der Waals surface area (Å²) in [6.07, 6.45) is 1.42. The first-order chi connectivity index (χ1) is 15.5. The Balaban J connectivity index is 1.52. The number of aromatic hydroxyl groups is 1. The molecule has 8 nitrogen and oxygen atoms in total. The number of benzene rings is 3. The number of methoxy groups -OCH3 is 2. The summed E-state index contributed by atoms with van der Waals surface area (Å²) in [5, 5.41) is 14.5. The van der Waals surface area contributed by atoms with E-state index in [0.29, 0.717) is 33.0 Å². The van der Waals surface area contributed by atoms with E-state index in [1.807, 2.05) is 18.2 Å². The van der Waals surface area contributed by atoms with Gasteiger partial charge in [0.05, 0.1) is 36.5 Å². The second-order valence-corrected chi connectivity index (χ2v) is 7.18. The predicted octanol–water partition coefficient (Wildman–Crippen LogP) is 4.37. The lowest BCUT2D eigenvalue weighted by atomic mass is 10.2. The van der Waals surface area contributed by atoms with Gasteiger partial charge in [0.2, 0.25) is 5.75 Å². The minimum absolute atomic E-state index is 0.111. The smallest absolute Gasteiger partial charge is 0.271 e. The Bertz CT molecular complexity index is 1310. The fourth-order valence-corrected chi connectivity index (χ4v) is 3.38. The van der Waals surface area contributed by atoms with Crippen LogP contribution in [0.1, 0.15) is 15.9 Å². The molecule has 1 amide bonds. The maximum Gasteiger partial charge on any atom is 0.271 e. The summed E-state index contributed by atoms with van der Waals surface area (Å²) in [4.78, 5) is 20.3. The molecule has 4 rings (SSSR count). The zero-order valence-electron chi connectivity index (χ0n) is 17.2. The van der Waals surface area contributed by atoms with E-state index in [9.17, 15) is 9.90 Å². The van der Waals surface area contributed by atoms with Crippen molar-refractivity contribution < 1.29 is 19.4 Å². The van der Waals surface area contributed by atoms with E-state index in [0.717, 1.165) is 5.56 Å². The van der Waals surface area contributed by atoms with Gasteiger partial charge in [0.1, 0.15) is 5.82 Å². The van der Waals surface area contributed by atoms with E-state index in [1.54, 1.807) is 36.4 Å². The molecule has 32 heavy (non-hydrogen) atoms. The number of carbonyl (C=O) groups excluding carboxylic acids is 1. The molecule has 162 valence electrons. The number of nitrogens with zero attached hydrogens (tertiary/aromatic N) is 2. The number of hydrogen-bond donors (Lipinski definition) is 3. The number of phenols is 1. The van der Waals surface area contributed by atoms with Crippen LogP contribution in [-0.4, -0.2) is 41.4 Å².